The average molecular weight is 231 g/mol. The zero-order chi connectivity index (χ0) is 12.5. The van der Waals surface area contributed by atoms with Crippen molar-refractivity contribution in [3.8, 4) is 0 Å². The molecule has 4 nitrogen and oxygen atoms in total. The molecule has 0 saturated carbocycles. The summed E-state index contributed by atoms with van der Waals surface area (Å²) in [6.45, 7) is 1.73. The fourth-order valence-electron chi connectivity index (χ4n) is 1.91. The number of carboxylic acids is 1. The Hall–Kier alpha value is -2.10. The predicted molar refractivity (Wildman–Crippen MR) is 63.2 cm³/mol. The number of hydrogen-bond acceptors (Lipinski definition) is 2. The summed E-state index contributed by atoms with van der Waals surface area (Å²) < 4.78 is 0. The van der Waals surface area contributed by atoms with E-state index in [4.69, 9.17) is 0 Å². The smallest absolute Gasteiger partial charge is 0.333 e. The molecule has 0 aromatic heterocycles. The second-order valence-corrected chi connectivity index (χ2v) is 4.01. The third kappa shape index (κ3) is 1.82. The molecule has 1 atom stereocenters. The van der Waals surface area contributed by atoms with Gasteiger partial charge in [0.15, 0.2) is 5.54 Å². The Bertz CT molecular complexity index is 493. The van der Waals surface area contributed by atoms with Gasteiger partial charge in [0, 0.05) is 5.57 Å². The lowest BCUT2D eigenvalue weighted by Crippen LogP contribution is -2.48. The third-order valence-electron chi connectivity index (χ3n) is 3.00. The van der Waals surface area contributed by atoms with Crippen LogP contribution in [0.2, 0.25) is 0 Å². The topological polar surface area (TPSA) is 66.4 Å². The van der Waals surface area contributed by atoms with Crippen LogP contribution < -0.4 is 5.32 Å². The molecule has 1 aromatic rings. The van der Waals surface area contributed by atoms with Crippen LogP contribution in [0.1, 0.15) is 18.9 Å². The first kappa shape index (κ1) is 11.4. The monoisotopic (exact) mass is 231 g/mol. The molecule has 0 bridgehead atoms. The molecule has 0 spiro atoms. The summed E-state index contributed by atoms with van der Waals surface area (Å²) >= 11 is 0. The van der Waals surface area contributed by atoms with Gasteiger partial charge in [-0.1, -0.05) is 37.3 Å². The summed E-state index contributed by atoms with van der Waals surface area (Å²) in [5.41, 5.74) is -0.0983. The number of carbonyl (C=O) groups excluding carboxylic acids is 1. The zero-order valence-corrected chi connectivity index (χ0v) is 9.43. The van der Waals surface area contributed by atoms with Crippen molar-refractivity contribution >= 4 is 17.4 Å². The summed E-state index contributed by atoms with van der Waals surface area (Å²) in [5, 5.41) is 11.7. The van der Waals surface area contributed by atoms with E-state index in [2.05, 4.69) is 5.32 Å². The van der Waals surface area contributed by atoms with Gasteiger partial charge in [-0.25, -0.2) is 4.79 Å². The second-order valence-electron chi connectivity index (χ2n) is 4.01. The van der Waals surface area contributed by atoms with Crippen molar-refractivity contribution < 1.29 is 14.7 Å². The molecule has 0 fully saturated rings. The fourth-order valence-corrected chi connectivity index (χ4v) is 1.91. The van der Waals surface area contributed by atoms with E-state index >= 15 is 0 Å². The van der Waals surface area contributed by atoms with E-state index < -0.39 is 11.5 Å². The van der Waals surface area contributed by atoms with Crippen LogP contribution in [0.4, 0.5) is 0 Å². The molecule has 17 heavy (non-hydrogen) atoms. The summed E-state index contributed by atoms with van der Waals surface area (Å²) in [7, 11) is 0. The van der Waals surface area contributed by atoms with Crippen molar-refractivity contribution in [2.45, 2.75) is 18.9 Å². The highest BCUT2D eigenvalue weighted by Gasteiger charge is 2.42. The normalized spacial score (nSPS) is 23.1. The van der Waals surface area contributed by atoms with Crippen molar-refractivity contribution in [2.75, 3.05) is 0 Å². The van der Waals surface area contributed by atoms with Gasteiger partial charge >= 0.3 is 5.97 Å². The van der Waals surface area contributed by atoms with Crippen LogP contribution in [0.15, 0.2) is 36.4 Å². The van der Waals surface area contributed by atoms with E-state index in [-0.39, 0.29) is 5.91 Å². The lowest BCUT2D eigenvalue weighted by molar-refractivity contribution is -0.144. The molecule has 88 valence electrons. The molecular weight excluding hydrogens is 218 g/mol. The van der Waals surface area contributed by atoms with Crippen molar-refractivity contribution in [3.63, 3.8) is 0 Å². The van der Waals surface area contributed by atoms with Gasteiger partial charge < -0.3 is 10.4 Å². The molecule has 1 heterocycles. The number of amides is 1. The Morgan fingerprint density at radius 2 is 2.00 bits per heavy atom. The third-order valence-corrected chi connectivity index (χ3v) is 3.00. The summed E-state index contributed by atoms with van der Waals surface area (Å²) in [6, 6.07) is 9.06. The maximum absolute atomic E-state index is 11.8. The Balaban J connectivity index is 2.46. The number of benzene rings is 1. The Morgan fingerprint density at radius 1 is 1.35 bits per heavy atom. The standard InChI is InChI=1S/C13H13NO3/c1-2-13(12(16)17)8-10(11(15)14-13)9-6-4-3-5-7-9/h3-8H,2H2,1H3,(H,14,15)(H,16,17). The number of carbonyl (C=O) groups is 2. The van der Waals surface area contributed by atoms with Crippen molar-refractivity contribution in [1.82, 2.24) is 5.32 Å². The highest BCUT2D eigenvalue weighted by atomic mass is 16.4. The lowest BCUT2D eigenvalue weighted by Gasteiger charge is -2.19. The molecule has 1 amide bonds. The van der Waals surface area contributed by atoms with Crippen LogP contribution in [-0.2, 0) is 9.59 Å². The average Bonchev–Trinajstić information content (AvgIpc) is 2.69. The van der Waals surface area contributed by atoms with Gasteiger partial charge in [-0.2, -0.15) is 0 Å². The zero-order valence-electron chi connectivity index (χ0n) is 9.43. The summed E-state index contributed by atoms with van der Waals surface area (Å²) in [5.74, 6) is -1.36. The summed E-state index contributed by atoms with van der Waals surface area (Å²) in [6.07, 6.45) is 1.83. The van der Waals surface area contributed by atoms with E-state index in [9.17, 15) is 14.7 Å². The molecule has 0 radical (unpaired) electrons. The van der Waals surface area contributed by atoms with Crippen LogP contribution in [-0.4, -0.2) is 22.5 Å². The minimum absolute atomic E-state index is 0.324. The Morgan fingerprint density at radius 3 is 2.47 bits per heavy atom. The van der Waals surface area contributed by atoms with E-state index in [0.717, 1.165) is 5.56 Å². The summed E-state index contributed by atoms with van der Waals surface area (Å²) in [4.78, 5) is 23.0. The molecule has 2 rings (SSSR count). The molecule has 1 aliphatic heterocycles. The van der Waals surface area contributed by atoms with E-state index in [1.807, 2.05) is 18.2 Å². The number of carboxylic acid groups (broad SMARTS) is 1. The van der Waals surface area contributed by atoms with Gasteiger partial charge in [0.05, 0.1) is 0 Å². The van der Waals surface area contributed by atoms with Crippen LogP contribution in [0.5, 0.6) is 0 Å². The van der Waals surface area contributed by atoms with Crippen LogP contribution in [0.25, 0.3) is 5.57 Å². The SMILES string of the molecule is CCC1(C(=O)O)C=C(c2ccccc2)C(=O)N1. The molecule has 1 unspecified atom stereocenters. The van der Waals surface area contributed by atoms with Gasteiger partial charge in [0.1, 0.15) is 0 Å². The van der Waals surface area contributed by atoms with Gasteiger partial charge in [0.25, 0.3) is 5.91 Å². The molecular formula is C13H13NO3. The van der Waals surface area contributed by atoms with Gasteiger partial charge in [-0.3, -0.25) is 4.79 Å². The van der Waals surface area contributed by atoms with Crippen molar-refractivity contribution in [3.05, 3.63) is 42.0 Å². The number of rotatable bonds is 3. The maximum atomic E-state index is 11.8. The Labute approximate surface area is 99.0 Å². The minimum Gasteiger partial charge on any atom is -0.479 e. The molecule has 1 aromatic carbocycles. The number of hydrogen-bond donors (Lipinski definition) is 2. The minimum atomic E-state index is -1.26. The highest BCUT2D eigenvalue weighted by molar-refractivity contribution is 6.24. The number of aliphatic carboxylic acids is 1. The molecule has 0 aliphatic carbocycles. The van der Waals surface area contributed by atoms with Crippen LogP contribution >= 0.6 is 0 Å². The highest BCUT2D eigenvalue weighted by Crippen LogP contribution is 2.28. The van der Waals surface area contributed by atoms with E-state index in [1.165, 1.54) is 6.08 Å². The van der Waals surface area contributed by atoms with E-state index in [0.29, 0.717) is 12.0 Å². The quantitative estimate of drug-likeness (QED) is 0.827. The van der Waals surface area contributed by atoms with Crippen molar-refractivity contribution in [1.29, 1.82) is 0 Å². The van der Waals surface area contributed by atoms with Crippen LogP contribution in [0.3, 0.4) is 0 Å². The van der Waals surface area contributed by atoms with Gasteiger partial charge in [0.2, 0.25) is 0 Å². The number of nitrogens with one attached hydrogen (secondary N) is 1. The van der Waals surface area contributed by atoms with Crippen LogP contribution in [0, 0.1) is 0 Å². The lowest BCUT2D eigenvalue weighted by atomic mass is 9.96. The van der Waals surface area contributed by atoms with E-state index in [1.54, 1.807) is 19.1 Å². The first-order chi connectivity index (χ1) is 8.09. The van der Waals surface area contributed by atoms with Gasteiger partial charge in [-0.05, 0) is 18.1 Å². The fraction of sp³-hybridized carbons (Fsp3) is 0.231. The molecule has 0 saturated heterocycles. The first-order valence-corrected chi connectivity index (χ1v) is 5.43. The Kier molecular flexibility index (Phi) is 2.71. The molecule has 1 aliphatic rings. The molecule has 4 heteroatoms. The van der Waals surface area contributed by atoms with Gasteiger partial charge in [-0.15, -0.1) is 0 Å². The largest absolute Gasteiger partial charge is 0.479 e. The second kappa shape index (κ2) is 4.05. The maximum Gasteiger partial charge on any atom is 0.333 e. The first-order valence-electron chi connectivity index (χ1n) is 5.43. The molecule has 2 N–H and O–H groups in total. The van der Waals surface area contributed by atoms with Crippen molar-refractivity contribution in [2.24, 2.45) is 0 Å². The predicted octanol–water partition coefficient (Wildman–Crippen LogP) is 1.43.